The van der Waals surface area contributed by atoms with Crippen molar-refractivity contribution in [1.29, 1.82) is 0 Å². The van der Waals surface area contributed by atoms with E-state index in [0.717, 1.165) is 16.5 Å². The molecule has 0 radical (unpaired) electrons. The lowest BCUT2D eigenvalue weighted by Crippen LogP contribution is -2.05. The van der Waals surface area contributed by atoms with Gasteiger partial charge in [-0.1, -0.05) is 0 Å². The Bertz CT molecular complexity index is 741. The van der Waals surface area contributed by atoms with Crippen LogP contribution in [-0.4, -0.2) is 19.7 Å². The minimum absolute atomic E-state index is 0.152. The van der Waals surface area contributed by atoms with Crippen LogP contribution in [0.2, 0.25) is 0 Å². The Hall–Kier alpha value is -2.43. The van der Waals surface area contributed by atoms with Crippen LogP contribution in [0.1, 0.15) is 0 Å². The molecule has 3 rings (SSSR count). The lowest BCUT2D eigenvalue weighted by Gasteiger charge is -2.00. The van der Waals surface area contributed by atoms with Gasteiger partial charge in [0.1, 0.15) is 5.82 Å². The molecular formula is C12H10N4O. The normalized spacial score (nSPS) is 10.9. The minimum Gasteiger partial charge on any atom is -0.307 e. The molecule has 17 heavy (non-hydrogen) atoms. The summed E-state index contributed by atoms with van der Waals surface area (Å²) in [5, 5.41) is 5.20. The van der Waals surface area contributed by atoms with Gasteiger partial charge in [-0.15, -0.1) is 0 Å². The van der Waals surface area contributed by atoms with Crippen molar-refractivity contribution < 1.29 is 0 Å². The molecule has 0 saturated heterocycles. The van der Waals surface area contributed by atoms with Gasteiger partial charge in [-0.05, 0) is 18.2 Å². The maximum absolute atomic E-state index is 11.2. The van der Waals surface area contributed by atoms with Gasteiger partial charge in [0.05, 0.1) is 11.7 Å². The maximum Gasteiger partial charge on any atom is 0.251 e. The second-order valence-electron chi connectivity index (χ2n) is 3.82. The topological polar surface area (TPSA) is 63.6 Å². The first-order valence-electron chi connectivity index (χ1n) is 5.21. The fraction of sp³-hybridized carbons (Fsp3) is 0.0833. The summed E-state index contributed by atoms with van der Waals surface area (Å²) in [4.78, 5) is 18.1. The maximum atomic E-state index is 11.2. The quantitative estimate of drug-likeness (QED) is 0.680. The molecule has 0 aliphatic carbocycles. The van der Waals surface area contributed by atoms with Crippen molar-refractivity contribution in [2.24, 2.45) is 7.05 Å². The number of aromatic amines is 1. The number of nitrogens with zero attached hydrogens (tertiary/aromatic N) is 3. The Labute approximate surface area is 96.7 Å². The molecule has 5 heteroatoms. The van der Waals surface area contributed by atoms with E-state index in [-0.39, 0.29) is 5.56 Å². The smallest absolute Gasteiger partial charge is 0.251 e. The van der Waals surface area contributed by atoms with Crippen LogP contribution in [-0.2, 0) is 7.05 Å². The molecule has 1 N–H and O–H groups in total. The summed E-state index contributed by atoms with van der Waals surface area (Å²) in [6.07, 6.45) is 3.29. The molecule has 0 aliphatic rings. The number of aryl methyl sites for hydroxylation is 1. The molecule has 1 aromatic carbocycles. The summed E-state index contributed by atoms with van der Waals surface area (Å²) < 4.78 is 1.81. The molecule has 3 aromatic rings. The predicted molar refractivity (Wildman–Crippen MR) is 64.6 cm³/mol. The second kappa shape index (κ2) is 3.55. The number of rotatable bonds is 1. The molecule has 0 aliphatic heterocycles. The first-order chi connectivity index (χ1) is 8.24. The van der Waals surface area contributed by atoms with Gasteiger partial charge in [-0.2, -0.15) is 5.10 Å². The number of H-pyrrole nitrogens is 1. The van der Waals surface area contributed by atoms with Crippen LogP contribution >= 0.6 is 0 Å². The van der Waals surface area contributed by atoms with E-state index < -0.39 is 0 Å². The third-order valence-corrected chi connectivity index (χ3v) is 2.69. The van der Waals surface area contributed by atoms with E-state index in [2.05, 4.69) is 15.1 Å². The standard InChI is InChI=1S/C12H10N4O/c1-16-10-3-2-8(6-9(10)7-14-16)12-13-5-4-11(17)15-12/h2-7H,1H3,(H,13,15,17). The molecule has 0 amide bonds. The van der Waals surface area contributed by atoms with E-state index in [9.17, 15) is 4.79 Å². The Morgan fingerprint density at radius 3 is 3.00 bits per heavy atom. The summed E-state index contributed by atoms with van der Waals surface area (Å²) >= 11 is 0. The molecular weight excluding hydrogens is 216 g/mol. The average Bonchev–Trinajstić information content (AvgIpc) is 2.71. The Morgan fingerprint density at radius 1 is 1.29 bits per heavy atom. The summed E-state index contributed by atoms with van der Waals surface area (Å²) in [6, 6.07) is 7.24. The van der Waals surface area contributed by atoms with Crippen LogP contribution in [0.5, 0.6) is 0 Å². The second-order valence-corrected chi connectivity index (χ2v) is 3.82. The first-order valence-corrected chi connectivity index (χ1v) is 5.21. The highest BCUT2D eigenvalue weighted by Crippen LogP contribution is 2.20. The fourth-order valence-electron chi connectivity index (χ4n) is 1.83. The average molecular weight is 226 g/mol. The van der Waals surface area contributed by atoms with Crippen LogP contribution in [0.3, 0.4) is 0 Å². The molecule has 84 valence electrons. The van der Waals surface area contributed by atoms with Crippen molar-refractivity contribution >= 4 is 10.9 Å². The van der Waals surface area contributed by atoms with Crippen molar-refractivity contribution in [3.63, 3.8) is 0 Å². The lowest BCUT2D eigenvalue weighted by atomic mass is 10.1. The number of benzene rings is 1. The van der Waals surface area contributed by atoms with Crippen molar-refractivity contribution in [2.45, 2.75) is 0 Å². The van der Waals surface area contributed by atoms with Crippen molar-refractivity contribution in [2.75, 3.05) is 0 Å². The number of nitrogens with one attached hydrogen (secondary N) is 1. The molecule has 0 spiro atoms. The van der Waals surface area contributed by atoms with E-state index in [0.29, 0.717) is 5.82 Å². The molecule has 0 atom stereocenters. The zero-order valence-corrected chi connectivity index (χ0v) is 9.21. The van der Waals surface area contributed by atoms with E-state index >= 15 is 0 Å². The molecule has 5 nitrogen and oxygen atoms in total. The molecule has 2 aromatic heterocycles. The first kappa shape index (κ1) is 9.77. The highest BCUT2D eigenvalue weighted by Gasteiger charge is 2.04. The van der Waals surface area contributed by atoms with Gasteiger partial charge in [0.15, 0.2) is 0 Å². The Morgan fingerprint density at radius 2 is 2.18 bits per heavy atom. The Kier molecular flexibility index (Phi) is 2.04. The fourth-order valence-corrected chi connectivity index (χ4v) is 1.83. The van der Waals surface area contributed by atoms with Gasteiger partial charge in [-0.3, -0.25) is 9.48 Å². The van der Waals surface area contributed by atoms with Gasteiger partial charge in [-0.25, -0.2) is 4.98 Å². The summed E-state index contributed by atoms with van der Waals surface area (Å²) in [6.45, 7) is 0. The molecule has 2 heterocycles. The molecule has 0 saturated carbocycles. The summed E-state index contributed by atoms with van der Waals surface area (Å²) in [5.74, 6) is 0.572. The molecule has 0 unspecified atom stereocenters. The monoisotopic (exact) mass is 226 g/mol. The SMILES string of the molecule is Cn1ncc2cc(-c3nccc(=O)[nH]3)ccc21. The van der Waals surface area contributed by atoms with Crippen LogP contribution in [0.4, 0.5) is 0 Å². The van der Waals surface area contributed by atoms with Crippen molar-refractivity contribution in [3.05, 3.63) is 47.0 Å². The number of hydrogen-bond donors (Lipinski definition) is 1. The summed E-state index contributed by atoms with van der Waals surface area (Å²) in [5.41, 5.74) is 1.77. The van der Waals surface area contributed by atoms with Crippen LogP contribution in [0.25, 0.3) is 22.3 Å². The van der Waals surface area contributed by atoms with Crippen molar-refractivity contribution in [1.82, 2.24) is 19.7 Å². The number of fused-ring (bicyclic) bond motifs is 1. The van der Waals surface area contributed by atoms with Crippen LogP contribution in [0.15, 0.2) is 41.5 Å². The van der Waals surface area contributed by atoms with Gasteiger partial charge in [0.2, 0.25) is 0 Å². The number of aromatic nitrogens is 4. The van der Waals surface area contributed by atoms with E-state index in [1.165, 1.54) is 12.3 Å². The third-order valence-electron chi connectivity index (χ3n) is 2.69. The summed E-state index contributed by atoms with van der Waals surface area (Å²) in [7, 11) is 1.89. The van der Waals surface area contributed by atoms with Gasteiger partial charge < -0.3 is 4.98 Å². The predicted octanol–water partition coefficient (Wildman–Crippen LogP) is 1.32. The van der Waals surface area contributed by atoms with Gasteiger partial charge in [0.25, 0.3) is 5.56 Å². The largest absolute Gasteiger partial charge is 0.307 e. The van der Waals surface area contributed by atoms with Gasteiger partial charge >= 0.3 is 0 Å². The lowest BCUT2D eigenvalue weighted by molar-refractivity contribution is 0.797. The van der Waals surface area contributed by atoms with E-state index in [1.807, 2.05) is 25.2 Å². The number of hydrogen-bond acceptors (Lipinski definition) is 3. The highest BCUT2D eigenvalue weighted by atomic mass is 16.1. The van der Waals surface area contributed by atoms with Crippen LogP contribution in [0, 0.1) is 0 Å². The third kappa shape index (κ3) is 1.61. The van der Waals surface area contributed by atoms with E-state index in [1.54, 1.807) is 10.9 Å². The van der Waals surface area contributed by atoms with Gasteiger partial charge in [0, 0.05) is 30.3 Å². The highest BCUT2D eigenvalue weighted by molar-refractivity contribution is 5.83. The molecule has 0 fully saturated rings. The Balaban J connectivity index is 2.21. The minimum atomic E-state index is -0.152. The molecule has 0 bridgehead atoms. The van der Waals surface area contributed by atoms with E-state index in [4.69, 9.17) is 0 Å². The van der Waals surface area contributed by atoms with Crippen molar-refractivity contribution in [3.8, 4) is 11.4 Å². The van der Waals surface area contributed by atoms with Crippen LogP contribution < -0.4 is 5.56 Å². The zero-order chi connectivity index (χ0) is 11.8. The zero-order valence-electron chi connectivity index (χ0n) is 9.21.